The van der Waals surface area contributed by atoms with Gasteiger partial charge in [0.05, 0.1) is 13.2 Å². The number of nitrogens with zero attached hydrogens (tertiary/aromatic N) is 1. The van der Waals surface area contributed by atoms with Crippen molar-refractivity contribution < 1.29 is 9.53 Å². The number of hydrogen-bond donors (Lipinski definition) is 1. The van der Waals surface area contributed by atoms with E-state index in [0.717, 1.165) is 22.4 Å². The van der Waals surface area contributed by atoms with Gasteiger partial charge >= 0.3 is 0 Å². The summed E-state index contributed by atoms with van der Waals surface area (Å²) in [4.78, 5) is 11.2. The molecule has 0 aliphatic carbocycles. The topological polar surface area (TPSA) is 62.1 Å². The van der Waals surface area contributed by atoms with Crippen LogP contribution < -0.4 is 10.1 Å². The van der Waals surface area contributed by atoms with Crippen molar-refractivity contribution >= 4 is 5.91 Å². The molecule has 0 aliphatic rings. The first kappa shape index (κ1) is 13.0. The molecule has 0 unspecified atom stereocenters. The van der Waals surface area contributed by atoms with E-state index in [0.29, 0.717) is 6.54 Å². The lowest BCUT2D eigenvalue weighted by atomic mass is 10.1. The van der Waals surface area contributed by atoms with Gasteiger partial charge in [-0.2, -0.15) is 5.26 Å². The van der Waals surface area contributed by atoms with Crippen molar-refractivity contribution in [3.63, 3.8) is 0 Å². The Morgan fingerprint density at radius 2 is 2.00 bits per heavy atom. The normalized spacial score (nSPS) is 9.53. The van der Waals surface area contributed by atoms with E-state index in [-0.39, 0.29) is 12.3 Å². The zero-order chi connectivity index (χ0) is 12.8. The fourth-order valence-electron chi connectivity index (χ4n) is 1.80. The Hall–Kier alpha value is -2.02. The van der Waals surface area contributed by atoms with Crippen LogP contribution in [-0.4, -0.2) is 13.0 Å². The third-order valence-corrected chi connectivity index (χ3v) is 2.45. The largest absolute Gasteiger partial charge is 0.496 e. The summed E-state index contributed by atoms with van der Waals surface area (Å²) in [6.07, 6.45) is -0.103. The van der Waals surface area contributed by atoms with Crippen molar-refractivity contribution in [2.75, 3.05) is 7.11 Å². The van der Waals surface area contributed by atoms with Gasteiger partial charge in [-0.15, -0.1) is 0 Å². The minimum Gasteiger partial charge on any atom is -0.496 e. The number of rotatable bonds is 4. The average Bonchev–Trinajstić information content (AvgIpc) is 2.26. The number of carbonyl (C=O) groups is 1. The molecule has 90 valence electrons. The molecule has 1 amide bonds. The van der Waals surface area contributed by atoms with Crippen molar-refractivity contribution in [2.45, 2.75) is 26.8 Å². The maximum atomic E-state index is 11.2. The molecule has 0 saturated carbocycles. The highest BCUT2D eigenvalue weighted by molar-refractivity contribution is 5.77. The molecule has 1 rings (SSSR count). The molecule has 0 spiro atoms. The molecule has 17 heavy (non-hydrogen) atoms. The summed E-state index contributed by atoms with van der Waals surface area (Å²) in [6.45, 7) is 4.37. The Morgan fingerprint density at radius 1 is 1.41 bits per heavy atom. The molecule has 0 fully saturated rings. The summed E-state index contributed by atoms with van der Waals surface area (Å²) in [7, 11) is 1.64. The van der Waals surface area contributed by atoms with Crippen LogP contribution in [0.3, 0.4) is 0 Å². The molecule has 0 aliphatic heterocycles. The predicted octanol–water partition coefficient (Wildman–Crippen LogP) is 1.84. The number of nitriles is 1. The maximum absolute atomic E-state index is 11.2. The van der Waals surface area contributed by atoms with E-state index < -0.39 is 0 Å². The van der Waals surface area contributed by atoms with Crippen LogP contribution in [-0.2, 0) is 11.3 Å². The molecular weight excluding hydrogens is 216 g/mol. The summed E-state index contributed by atoms with van der Waals surface area (Å²) in [6, 6.07) is 5.75. The SMILES string of the molecule is COc1c(C)cc(CNC(=O)CC#N)cc1C. The zero-order valence-electron chi connectivity index (χ0n) is 10.3. The first-order valence-electron chi connectivity index (χ1n) is 5.36. The fourth-order valence-corrected chi connectivity index (χ4v) is 1.80. The second kappa shape index (κ2) is 5.90. The molecule has 0 saturated heterocycles. The lowest BCUT2D eigenvalue weighted by molar-refractivity contribution is -0.120. The van der Waals surface area contributed by atoms with Gasteiger partial charge in [0.1, 0.15) is 12.2 Å². The minimum absolute atomic E-state index is 0.103. The molecule has 0 radical (unpaired) electrons. The quantitative estimate of drug-likeness (QED) is 0.861. The smallest absolute Gasteiger partial charge is 0.234 e. The second-order valence-corrected chi connectivity index (χ2v) is 3.87. The van der Waals surface area contributed by atoms with Crippen molar-refractivity contribution in [2.24, 2.45) is 0 Å². The van der Waals surface area contributed by atoms with Crippen LogP contribution in [0.1, 0.15) is 23.1 Å². The van der Waals surface area contributed by atoms with Gasteiger partial charge in [-0.25, -0.2) is 0 Å². The van der Waals surface area contributed by atoms with Gasteiger partial charge in [0.2, 0.25) is 5.91 Å². The van der Waals surface area contributed by atoms with Crippen molar-refractivity contribution in [3.05, 3.63) is 28.8 Å². The fraction of sp³-hybridized carbons (Fsp3) is 0.385. The van der Waals surface area contributed by atoms with Crippen LogP contribution in [0.5, 0.6) is 5.75 Å². The number of carbonyl (C=O) groups excluding carboxylic acids is 1. The van der Waals surface area contributed by atoms with E-state index in [1.54, 1.807) is 7.11 Å². The summed E-state index contributed by atoms with van der Waals surface area (Å²) >= 11 is 0. The number of methoxy groups -OCH3 is 1. The van der Waals surface area contributed by atoms with Gasteiger partial charge in [0.15, 0.2) is 0 Å². The molecule has 0 aromatic heterocycles. The van der Waals surface area contributed by atoms with Gasteiger partial charge < -0.3 is 10.1 Å². The lowest BCUT2D eigenvalue weighted by Crippen LogP contribution is -2.21. The summed E-state index contributed by atoms with van der Waals surface area (Å²) in [5, 5.41) is 11.1. The van der Waals surface area contributed by atoms with E-state index in [4.69, 9.17) is 10.00 Å². The van der Waals surface area contributed by atoms with Gasteiger partial charge in [-0.05, 0) is 30.5 Å². The second-order valence-electron chi connectivity index (χ2n) is 3.87. The Bertz CT molecular complexity index is 438. The average molecular weight is 232 g/mol. The molecule has 0 heterocycles. The standard InChI is InChI=1S/C13H16N2O2/c1-9-6-11(7-10(2)13(9)17-3)8-15-12(16)4-5-14/h6-7H,4,8H2,1-3H3,(H,15,16). The lowest BCUT2D eigenvalue weighted by Gasteiger charge is -2.11. The van der Waals surface area contributed by atoms with Gasteiger partial charge in [-0.1, -0.05) is 12.1 Å². The number of amides is 1. The summed E-state index contributed by atoms with van der Waals surface area (Å²) in [5.74, 6) is 0.621. The minimum atomic E-state index is -0.251. The van der Waals surface area contributed by atoms with Crippen LogP contribution in [0, 0.1) is 25.2 Å². The van der Waals surface area contributed by atoms with Crippen LogP contribution in [0.2, 0.25) is 0 Å². The summed E-state index contributed by atoms with van der Waals surface area (Å²) in [5.41, 5.74) is 3.08. The van der Waals surface area contributed by atoms with Crippen LogP contribution in [0.25, 0.3) is 0 Å². The number of nitrogens with one attached hydrogen (secondary N) is 1. The van der Waals surface area contributed by atoms with E-state index >= 15 is 0 Å². The Kier molecular flexibility index (Phi) is 4.53. The van der Waals surface area contributed by atoms with Crippen LogP contribution >= 0.6 is 0 Å². The van der Waals surface area contributed by atoms with Crippen molar-refractivity contribution in [3.8, 4) is 11.8 Å². The Morgan fingerprint density at radius 3 is 2.47 bits per heavy atom. The molecule has 4 nitrogen and oxygen atoms in total. The molecular formula is C13H16N2O2. The Labute approximate surface area is 101 Å². The number of benzene rings is 1. The zero-order valence-corrected chi connectivity index (χ0v) is 10.3. The summed E-state index contributed by atoms with van der Waals surface area (Å²) < 4.78 is 5.26. The molecule has 4 heteroatoms. The van der Waals surface area contributed by atoms with Gasteiger partial charge in [0.25, 0.3) is 0 Å². The number of aryl methyl sites for hydroxylation is 2. The molecule has 1 aromatic rings. The molecule has 1 N–H and O–H groups in total. The monoisotopic (exact) mass is 232 g/mol. The number of hydrogen-bond acceptors (Lipinski definition) is 3. The first-order valence-corrected chi connectivity index (χ1v) is 5.36. The maximum Gasteiger partial charge on any atom is 0.234 e. The van der Waals surface area contributed by atoms with Crippen molar-refractivity contribution in [1.82, 2.24) is 5.32 Å². The molecule has 1 aromatic carbocycles. The predicted molar refractivity (Wildman–Crippen MR) is 64.5 cm³/mol. The molecule has 0 atom stereocenters. The van der Waals surface area contributed by atoms with Crippen LogP contribution in [0.15, 0.2) is 12.1 Å². The third-order valence-electron chi connectivity index (χ3n) is 2.45. The van der Waals surface area contributed by atoms with Crippen molar-refractivity contribution in [1.29, 1.82) is 5.26 Å². The third kappa shape index (κ3) is 3.49. The van der Waals surface area contributed by atoms with E-state index in [1.807, 2.05) is 32.0 Å². The highest BCUT2D eigenvalue weighted by Crippen LogP contribution is 2.24. The first-order chi connectivity index (χ1) is 8.08. The highest BCUT2D eigenvalue weighted by atomic mass is 16.5. The van der Waals surface area contributed by atoms with Crippen LogP contribution in [0.4, 0.5) is 0 Å². The number of ether oxygens (including phenoxy) is 1. The molecule has 0 bridgehead atoms. The van der Waals surface area contributed by atoms with Gasteiger partial charge in [-0.3, -0.25) is 4.79 Å². The van der Waals surface area contributed by atoms with E-state index in [9.17, 15) is 4.79 Å². The Balaban J connectivity index is 2.74. The highest BCUT2D eigenvalue weighted by Gasteiger charge is 2.06. The van der Waals surface area contributed by atoms with E-state index in [2.05, 4.69) is 5.32 Å². The van der Waals surface area contributed by atoms with E-state index in [1.165, 1.54) is 0 Å². The van der Waals surface area contributed by atoms with Gasteiger partial charge in [0, 0.05) is 6.54 Å².